The first-order valence-corrected chi connectivity index (χ1v) is 8.37. The van der Waals surface area contributed by atoms with Gasteiger partial charge in [-0.05, 0) is 32.1 Å². The van der Waals surface area contributed by atoms with Gasteiger partial charge in [0, 0.05) is 24.8 Å². The first-order chi connectivity index (χ1) is 9.29. The van der Waals surface area contributed by atoms with Crippen LogP contribution in [0.5, 0.6) is 0 Å². The van der Waals surface area contributed by atoms with E-state index in [1.54, 1.807) is 0 Å². The number of hydrogen-bond acceptors (Lipinski definition) is 4. The summed E-state index contributed by atoms with van der Waals surface area (Å²) in [5.74, 6) is 1.92. The molecule has 0 aromatic rings. The van der Waals surface area contributed by atoms with Crippen LogP contribution in [-0.4, -0.2) is 36.1 Å². The number of ether oxygens (including phenoxy) is 1. The highest BCUT2D eigenvalue weighted by atomic mass is 32.2. The van der Waals surface area contributed by atoms with Gasteiger partial charge in [0.05, 0.1) is 6.61 Å². The van der Waals surface area contributed by atoms with Crippen LogP contribution in [0.15, 0.2) is 4.99 Å². The number of nitrogens with one attached hydrogen (secondary N) is 1. The Morgan fingerprint density at radius 2 is 2.32 bits per heavy atom. The van der Waals surface area contributed by atoms with Gasteiger partial charge in [-0.3, -0.25) is 9.79 Å². The molecule has 2 rings (SSSR count). The number of esters is 1. The Balaban J connectivity index is 1.67. The molecule has 19 heavy (non-hydrogen) atoms. The van der Waals surface area contributed by atoms with Gasteiger partial charge in [0.2, 0.25) is 0 Å². The summed E-state index contributed by atoms with van der Waals surface area (Å²) in [6.45, 7) is 3.01. The fraction of sp³-hybridized carbons (Fsp3) is 0.857. The maximum absolute atomic E-state index is 11.2. The molecule has 2 unspecified atom stereocenters. The minimum Gasteiger partial charge on any atom is -0.466 e. The van der Waals surface area contributed by atoms with Gasteiger partial charge in [0.1, 0.15) is 0 Å². The monoisotopic (exact) mass is 284 g/mol. The van der Waals surface area contributed by atoms with Crippen molar-refractivity contribution < 1.29 is 9.53 Å². The molecule has 0 spiro atoms. The predicted molar refractivity (Wildman–Crippen MR) is 79.5 cm³/mol. The van der Waals surface area contributed by atoms with Gasteiger partial charge in [-0.1, -0.05) is 24.6 Å². The van der Waals surface area contributed by atoms with E-state index < -0.39 is 0 Å². The van der Waals surface area contributed by atoms with E-state index in [1.165, 1.54) is 31.4 Å². The third kappa shape index (κ3) is 4.71. The lowest BCUT2D eigenvalue weighted by Gasteiger charge is -2.36. The zero-order chi connectivity index (χ0) is 13.5. The first-order valence-electron chi connectivity index (χ1n) is 7.39. The third-order valence-electron chi connectivity index (χ3n) is 3.75. The van der Waals surface area contributed by atoms with Crippen LogP contribution in [0.25, 0.3) is 0 Å². The van der Waals surface area contributed by atoms with Crippen molar-refractivity contribution in [2.75, 3.05) is 18.9 Å². The summed E-state index contributed by atoms with van der Waals surface area (Å²) in [5.41, 5.74) is 0. The topological polar surface area (TPSA) is 50.7 Å². The van der Waals surface area contributed by atoms with E-state index >= 15 is 0 Å². The summed E-state index contributed by atoms with van der Waals surface area (Å²) in [4.78, 5) is 15.8. The standard InChI is InChI=1S/C14H24N2O2S/c1-2-18-13(17)8-5-9-15-14-16-12-7-4-3-6-11(12)10-19-14/h11-12H,2-10H2,1H3,(H,15,16). The predicted octanol–water partition coefficient (Wildman–Crippen LogP) is 2.58. The van der Waals surface area contributed by atoms with E-state index in [2.05, 4.69) is 10.3 Å². The van der Waals surface area contributed by atoms with Gasteiger partial charge in [0.15, 0.2) is 5.17 Å². The molecule has 0 bridgehead atoms. The Morgan fingerprint density at radius 3 is 3.16 bits per heavy atom. The molecule has 2 aliphatic rings. The van der Waals surface area contributed by atoms with Gasteiger partial charge in [-0.25, -0.2) is 0 Å². The van der Waals surface area contributed by atoms with Gasteiger partial charge in [-0.2, -0.15) is 0 Å². The smallest absolute Gasteiger partial charge is 0.305 e. The minimum absolute atomic E-state index is 0.112. The maximum Gasteiger partial charge on any atom is 0.305 e. The van der Waals surface area contributed by atoms with Gasteiger partial charge in [-0.15, -0.1) is 0 Å². The fourth-order valence-corrected chi connectivity index (χ4v) is 3.90. The lowest BCUT2D eigenvalue weighted by atomic mass is 9.86. The minimum atomic E-state index is -0.112. The highest BCUT2D eigenvalue weighted by Gasteiger charge is 2.29. The van der Waals surface area contributed by atoms with Gasteiger partial charge in [0.25, 0.3) is 0 Å². The van der Waals surface area contributed by atoms with Crippen LogP contribution in [0.2, 0.25) is 0 Å². The number of nitrogens with zero attached hydrogens (tertiary/aromatic N) is 1. The molecule has 1 saturated carbocycles. The first kappa shape index (κ1) is 14.7. The largest absolute Gasteiger partial charge is 0.466 e. The van der Waals surface area contributed by atoms with Crippen molar-refractivity contribution in [3.05, 3.63) is 0 Å². The summed E-state index contributed by atoms with van der Waals surface area (Å²) in [6, 6.07) is 0.638. The molecule has 1 aliphatic heterocycles. The van der Waals surface area contributed by atoms with Crippen LogP contribution in [0, 0.1) is 5.92 Å². The van der Waals surface area contributed by atoms with Gasteiger partial charge < -0.3 is 10.1 Å². The van der Waals surface area contributed by atoms with Gasteiger partial charge >= 0.3 is 5.97 Å². The molecule has 0 aromatic heterocycles. The van der Waals surface area contributed by atoms with E-state index in [-0.39, 0.29) is 5.97 Å². The lowest BCUT2D eigenvalue weighted by Crippen LogP contribution is -2.46. The van der Waals surface area contributed by atoms with Crippen LogP contribution in [0.3, 0.4) is 0 Å². The van der Waals surface area contributed by atoms with E-state index in [4.69, 9.17) is 4.74 Å². The summed E-state index contributed by atoms with van der Waals surface area (Å²) in [7, 11) is 0. The van der Waals surface area contributed by atoms with Crippen molar-refractivity contribution in [1.82, 2.24) is 5.32 Å². The quantitative estimate of drug-likeness (QED) is 0.623. The van der Waals surface area contributed by atoms with E-state index in [0.717, 1.165) is 17.5 Å². The number of carbonyl (C=O) groups is 1. The number of fused-ring (bicyclic) bond motifs is 1. The van der Waals surface area contributed by atoms with Crippen molar-refractivity contribution in [2.45, 2.75) is 51.5 Å². The Hall–Kier alpha value is -0.710. The van der Waals surface area contributed by atoms with Crippen LogP contribution in [0.1, 0.15) is 45.4 Å². The number of rotatable bonds is 5. The Kier molecular flexibility index (Phi) is 6.01. The fourth-order valence-electron chi connectivity index (χ4n) is 2.71. The second-order valence-corrected chi connectivity index (χ2v) is 6.21. The molecule has 1 aliphatic carbocycles. The average molecular weight is 284 g/mol. The Morgan fingerprint density at radius 1 is 1.47 bits per heavy atom. The van der Waals surface area contributed by atoms with E-state index in [1.807, 2.05) is 18.7 Å². The number of amidine groups is 1. The number of carbonyl (C=O) groups excluding carboxylic acids is 1. The molecule has 0 radical (unpaired) electrons. The van der Waals surface area contributed by atoms with E-state index in [9.17, 15) is 4.79 Å². The van der Waals surface area contributed by atoms with Crippen LogP contribution >= 0.6 is 11.8 Å². The molecule has 2 fully saturated rings. The molecule has 1 heterocycles. The lowest BCUT2D eigenvalue weighted by molar-refractivity contribution is -0.143. The second kappa shape index (κ2) is 7.78. The van der Waals surface area contributed by atoms with Crippen LogP contribution < -0.4 is 5.32 Å². The molecule has 108 valence electrons. The second-order valence-electron chi connectivity index (χ2n) is 5.20. The van der Waals surface area contributed by atoms with Crippen LogP contribution in [-0.2, 0) is 9.53 Å². The van der Waals surface area contributed by atoms with Crippen molar-refractivity contribution in [1.29, 1.82) is 0 Å². The molecular weight excluding hydrogens is 260 g/mol. The number of aliphatic imine (C=N–C) groups is 1. The molecule has 5 heteroatoms. The van der Waals surface area contributed by atoms with Crippen molar-refractivity contribution >= 4 is 22.9 Å². The molecule has 4 nitrogen and oxygen atoms in total. The summed E-state index contributed by atoms with van der Waals surface area (Å²) in [5, 5.41) is 4.64. The molecular formula is C14H24N2O2S. The Labute approximate surface area is 119 Å². The molecule has 1 N–H and O–H groups in total. The highest BCUT2D eigenvalue weighted by molar-refractivity contribution is 8.13. The SMILES string of the molecule is CCOC(=O)CCCN=C1NC2CCCCC2CS1. The van der Waals surface area contributed by atoms with E-state index in [0.29, 0.717) is 25.6 Å². The highest BCUT2D eigenvalue weighted by Crippen LogP contribution is 2.31. The number of hydrogen-bond donors (Lipinski definition) is 1. The third-order valence-corrected chi connectivity index (χ3v) is 4.87. The van der Waals surface area contributed by atoms with Crippen molar-refractivity contribution in [2.24, 2.45) is 10.9 Å². The zero-order valence-electron chi connectivity index (χ0n) is 11.7. The summed E-state index contributed by atoms with van der Waals surface area (Å²) in [6.07, 6.45) is 6.62. The molecule has 1 saturated heterocycles. The normalized spacial score (nSPS) is 28.6. The molecule has 2 atom stereocenters. The number of thioether (sulfide) groups is 1. The summed E-state index contributed by atoms with van der Waals surface area (Å²) < 4.78 is 4.90. The Bertz CT molecular complexity index is 333. The average Bonchev–Trinajstić information content (AvgIpc) is 2.44. The zero-order valence-corrected chi connectivity index (χ0v) is 12.5. The maximum atomic E-state index is 11.2. The molecule has 0 aromatic carbocycles. The van der Waals surface area contributed by atoms with Crippen molar-refractivity contribution in [3.8, 4) is 0 Å². The van der Waals surface area contributed by atoms with Crippen molar-refractivity contribution in [3.63, 3.8) is 0 Å². The molecule has 0 amide bonds. The summed E-state index contributed by atoms with van der Waals surface area (Å²) >= 11 is 1.84. The van der Waals surface area contributed by atoms with Crippen LogP contribution in [0.4, 0.5) is 0 Å².